The van der Waals surface area contributed by atoms with Gasteiger partial charge < -0.3 is 14.2 Å². The van der Waals surface area contributed by atoms with Gasteiger partial charge in [-0.05, 0) is 24.1 Å². The topological polar surface area (TPSA) is 63.5 Å². The molecule has 1 aromatic carbocycles. The minimum Gasteiger partial charge on any atom is -0.497 e. The quantitative estimate of drug-likeness (QED) is 0.823. The molecule has 2 aromatic rings. The van der Waals surface area contributed by atoms with Gasteiger partial charge in [0.2, 0.25) is 5.91 Å². The summed E-state index contributed by atoms with van der Waals surface area (Å²) in [5.41, 5.74) is 1.26. The van der Waals surface area contributed by atoms with Crippen molar-refractivity contribution in [1.82, 2.24) is 24.6 Å². The summed E-state index contributed by atoms with van der Waals surface area (Å²) >= 11 is 0. The van der Waals surface area contributed by atoms with Crippen molar-refractivity contribution < 1.29 is 9.53 Å². The van der Waals surface area contributed by atoms with Crippen LogP contribution in [0.2, 0.25) is 0 Å². The Balaban J connectivity index is 1.40. The molecule has 0 N–H and O–H groups in total. The average molecular weight is 341 g/mol. The Kier molecular flexibility index (Phi) is 4.40. The van der Waals surface area contributed by atoms with Gasteiger partial charge in [-0.3, -0.25) is 9.69 Å². The van der Waals surface area contributed by atoms with Gasteiger partial charge in [-0.15, -0.1) is 10.2 Å². The molecule has 1 fully saturated rings. The molecular weight excluding hydrogens is 318 g/mol. The Morgan fingerprint density at radius 3 is 2.64 bits per heavy atom. The summed E-state index contributed by atoms with van der Waals surface area (Å²) in [6, 6.07) is 8.19. The predicted octanol–water partition coefficient (Wildman–Crippen LogP) is 1.42. The summed E-state index contributed by atoms with van der Waals surface area (Å²) < 4.78 is 7.38. The molecule has 1 saturated heterocycles. The van der Waals surface area contributed by atoms with Crippen molar-refractivity contribution in [3.63, 3.8) is 0 Å². The van der Waals surface area contributed by atoms with Crippen LogP contribution < -0.4 is 4.74 Å². The summed E-state index contributed by atoms with van der Waals surface area (Å²) in [5, 5.41) is 8.69. The molecule has 1 aromatic heterocycles. The zero-order valence-corrected chi connectivity index (χ0v) is 14.5. The van der Waals surface area contributed by atoms with E-state index in [-0.39, 0.29) is 5.91 Å². The molecule has 0 radical (unpaired) electrons. The summed E-state index contributed by atoms with van der Waals surface area (Å²) in [5.74, 6) is 3.01. The van der Waals surface area contributed by atoms with Gasteiger partial charge in [-0.25, -0.2) is 0 Å². The lowest BCUT2D eigenvalue weighted by Crippen LogP contribution is -2.35. The van der Waals surface area contributed by atoms with E-state index < -0.39 is 0 Å². The van der Waals surface area contributed by atoms with Crippen LogP contribution in [-0.4, -0.2) is 50.7 Å². The first kappa shape index (κ1) is 16.1. The van der Waals surface area contributed by atoms with Crippen molar-refractivity contribution in [1.29, 1.82) is 0 Å². The third-order valence-electron chi connectivity index (χ3n) is 4.98. The standard InChI is InChI=1S/C18H23N5O2/c1-25-15-6-4-14(5-7-15)11-21-9-10-23-16(12-21)19-20-17(23)13-22-8-2-3-18(22)24/h4-7H,2-3,8-13H2,1H3. The normalized spacial score (nSPS) is 17.8. The zero-order valence-electron chi connectivity index (χ0n) is 14.5. The molecule has 7 nitrogen and oxygen atoms in total. The second kappa shape index (κ2) is 6.84. The molecule has 25 heavy (non-hydrogen) atoms. The fraction of sp³-hybridized carbons (Fsp3) is 0.500. The molecule has 2 aliphatic rings. The SMILES string of the molecule is COc1ccc(CN2CCn3c(nnc3CN3CCCC3=O)C2)cc1. The Bertz CT molecular complexity index is 755. The number of amides is 1. The third kappa shape index (κ3) is 3.37. The first-order chi connectivity index (χ1) is 12.2. The lowest BCUT2D eigenvalue weighted by molar-refractivity contribution is -0.128. The van der Waals surface area contributed by atoms with Crippen LogP contribution in [0.4, 0.5) is 0 Å². The van der Waals surface area contributed by atoms with Crippen molar-refractivity contribution in [2.75, 3.05) is 20.2 Å². The van der Waals surface area contributed by atoms with Gasteiger partial charge in [0.15, 0.2) is 5.82 Å². The second-order valence-corrected chi connectivity index (χ2v) is 6.66. The lowest BCUT2D eigenvalue weighted by Gasteiger charge is -2.28. The smallest absolute Gasteiger partial charge is 0.223 e. The molecule has 1 amide bonds. The average Bonchev–Trinajstić information content (AvgIpc) is 3.22. The number of carbonyl (C=O) groups is 1. The Morgan fingerprint density at radius 1 is 1.08 bits per heavy atom. The Hall–Kier alpha value is -2.41. The highest BCUT2D eigenvalue weighted by Gasteiger charge is 2.25. The molecule has 4 rings (SSSR count). The highest BCUT2D eigenvalue weighted by Crippen LogP contribution is 2.19. The number of carbonyl (C=O) groups excluding carboxylic acids is 1. The number of nitrogens with zero attached hydrogens (tertiary/aromatic N) is 5. The molecule has 0 bridgehead atoms. The number of rotatable bonds is 5. The lowest BCUT2D eigenvalue weighted by atomic mass is 10.2. The minimum atomic E-state index is 0.231. The molecule has 0 unspecified atom stereocenters. The summed E-state index contributed by atoms with van der Waals surface area (Å²) in [6.45, 7) is 4.92. The molecule has 0 spiro atoms. The van der Waals surface area contributed by atoms with E-state index in [1.165, 1.54) is 5.56 Å². The van der Waals surface area contributed by atoms with E-state index in [0.29, 0.717) is 13.0 Å². The molecule has 132 valence electrons. The number of fused-ring (bicyclic) bond motifs is 1. The van der Waals surface area contributed by atoms with Gasteiger partial charge in [0.1, 0.15) is 11.6 Å². The van der Waals surface area contributed by atoms with E-state index in [2.05, 4.69) is 31.8 Å². The number of hydrogen-bond acceptors (Lipinski definition) is 5. The van der Waals surface area contributed by atoms with Crippen molar-refractivity contribution >= 4 is 5.91 Å². The van der Waals surface area contributed by atoms with Crippen molar-refractivity contribution in [3.05, 3.63) is 41.5 Å². The van der Waals surface area contributed by atoms with Gasteiger partial charge in [-0.2, -0.15) is 0 Å². The Labute approximate surface area is 147 Å². The van der Waals surface area contributed by atoms with Crippen LogP contribution in [0.15, 0.2) is 24.3 Å². The van der Waals surface area contributed by atoms with Crippen LogP contribution in [0.5, 0.6) is 5.75 Å². The predicted molar refractivity (Wildman–Crippen MR) is 91.8 cm³/mol. The van der Waals surface area contributed by atoms with Gasteiger partial charge in [-0.1, -0.05) is 12.1 Å². The number of benzene rings is 1. The van der Waals surface area contributed by atoms with Crippen molar-refractivity contribution in [2.24, 2.45) is 0 Å². The molecule has 0 aliphatic carbocycles. The molecule has 0 atom stereocenters. The summed E-state index contributed by atoms with van der Waals surface area (Å²) in [7, 11) is 1.68. The van der Waals surface area contributed by atoms with Gasteiger partial charge in [0.25, 0.3) is 0 Å². The monoisotopic (exact) mass is 341 g/mol. The maximum atomic E-state index is 11.8. The van der Waals surface area contributed by atoms with E-state index in [1.54, 1.807) is 7.11 Å². The van der Waals surface area contributed by atoms with Crippen LogP contribution in [0.3, 0.4) is 0 Å². The highest BCUT2D eigenvalue weighted by atomic mass is 16.5. The van der Waals surface area contributed by atoms with Gasteiger partial charge in [0, 0.05) is 32.6 Å². The fourth-order valence-electron chi connectivity index (χ4n) is 3.55. The molecular formula is C18H23N5O2. The molecule has 3 heterocycles. The number of likely N-dealkylation sites (tertiary alicyclic amines) is 1. The molecule has 7 heteroatoms. The Morgan fingerprint density at radius 2 is 1.92 bits per heavy atom. The number of ether oxygens (including phenoxy) is 1. The fourth-order valence-corrected chi connectivity index (χ4v) is 3.55. The third-order valence-corrected chi connectivity index (χ3v) is 4.98. The van der Waals surface area contributed by atoms with Crippen LogP contribution in [0, 0.1) is 0 Å². The van der Waals surface area contributed by atoms with Crippen LogP contribution in [0.1, 0.15) is 30.1 Å². The van der Waals surface area contributed by atoms with Crippen molar-refractivity contribution in [2.45, 2.75) is 39.0 Å². The van der Waals surface area contributed by atoms with E-state index in [0.717, 1.165) is 56.5 Å². The second-order valence-electron chi connectivity index (χ2n) is 6.66. The minimum absolute atomic E-state index is 0.231. The van der Waals surface area contributed by atoms with Gasteiger partial charge in [0.05, 0.1) is 20.2 Å². The highest BCUT2D eigenvalue weighted by molar-refractivity contribution is 5.77. The summed E-state index contributed by atoms with van der Waals surface area (Å²) in [6.07, 6.45) is 1.62. The van der Waals surface area contributed by atoms with Gasteiger partial charge >= 0.3 is 0 Å². The van der Waals surface area contributed by atoms with E-state index in [9.17, 15) is 4.79 Å². The molecule has 0 saturated carbocycles. The van der Waals surface area contributed by atoms with E-state index in [1.807, 2.05) is 17.0 Å². The first-order valence-corrected chi connectivity index (χ1v) is 8.77. The first-order valence-electron chi connectivity index (χ1n) is 8.77. The number of methoxy groups -OCH3 is 1. The maximum absolute atomic E-state index is 11.8. The zero-order chi connectivity index (χ0) is 17.2. The van der Waals surface area contributed by atoms with Crippen LogP contribution in [-0.2, 0) is 31.0 Å². The number of aromatic nitrogens is 3. The number of hydrogen-bond donors (Lipinski definition) is 0. The summed E-state index contributed by atoms with van der Waals surface area (Å²) in [4.78, 5) is 16.1. The van der Waals surface area contributed by atoms with E-state index in [4.69, 9.17) is 4.74 Å². The van der Waals surface area contributed by atoms with Crippen molar-refractivity contribution in [3.8, 4) is 5.75 Å². The van der Waals surface area contributed by atoms with Crippen LogP contribution in [0.25, 0.3) is 0 Å². The van der Waals surface area contributed by atoms with E-state index >= 15 is 0 Å². The van der Waals surface area contributed by atoms with Crippen LogP contribution >= 0.6 is 0 Å². The maximum Gasteiger partial charge on any atom is 0.223 e. The largest absolute Gasteiger partial charge is 0.497 e. The molecule has 2 aliphatic heterocycles.